The molecule has 2 aromatic rings. The Bertz CT molecular complexity index is 1060. The zero-order valence-electron chi connectivity index (χ0n) is 16.3. The van der Waals surface area contributed by atoms with Gasteiger partial charge in [0.05, 0.1) is 4.90 Å². The van der Waals surface area contributed by atoms with Crippen molar-refractivity contribution in [3.8, 4) is 5.75 Å². The van der Waals surface area contributed by atoms with Crippen molar-refractivity contribution in [3.63, 3.8) is 0 Å². The number of benzene rings is 2. The van der Waals surface area contributed by atoms with Crippen LogP contribution in [0.2, 0.25) is 0 Å². The Morgan fingerprint density at radius 1 is 1.10 bits per heavy atom. The predicted molar refractivity (Wildman–Crippen MR) is 111 cm³/mol. The first-order valence-electron chi connectivity index (χ1n) is 9.82. The van der Waals surface area contributed by atoms with E-state index < -0.39 is 10.0 Å². The highest BCUT2D eigenvalue weighted by atomic mass is 32.2. The van der Waals surface area contributed by atoms with Gasteiger partial charge in [0, 0.05) is 24.7 Å². The molecule has 2 amide bonds. The van der Waals surface area contributed by atoms with Crippen LogP contribution in [-0.2, 0) is 32.6 Å². The van der Waals surface area contributed by atoms with Gasteiger partial charge in [-0.3, -0.25) is 9.59 Å². The fourth-order valence-electron chi connectivity index (χ4n) is 3.13. The standard InChI is InChI=1S/C21H23N3O5S/c25-20-10-3-15-11-17(6-9-19(15)23-20)29-13-21(26)22-12-14-1-7-18(8-2-14)30(27,28)24-16-4-5-16/h1-2,6-9,11,16,24H,3-5,10,12-13H2,(H,22,26)(H,23,25). The molecule has 2 aliphatic rings. The predicted octanol–water partition coefficient (Wildman–Crippen LogP) is 1.71. The average molecular weight is 429 g/mol. The molecule has 0 radical (unpaired) electrons. The molecule has 4 rings (SSSR count). The number of carbonyl (C=O) groups excluding carboxylic acids is 2. The lowest BCUT2D eigenvalue weighted by atomic mass is 10.0. The molecular formula is C21H23N3O5S. The van der Waals surface area contributed by atoms with Crippen molar-refractivity contribution in [1.82, 2.24) is 10.0 Å². The fourth-order valence-corrected chi connectivity index (χ4v) is 4.43. The Morgan fingerprint density at radius 2 is 1.87 bits per heavy atom. The summed E-state index contributed by atoms with van der Waals surface area (Å²) in [6.07, 6.45) is 2.85. The molecule has 158 valence electrons. The number of aryl methyl sites for hydroxylation is 1. The van der Waals surface area contributed by atoms with Crippen molar-refractivity contribution in [2.24, 2.45) is 0 Å². The van der Waals surface area contributed by atoms with Crippen LogP contribution in [-0.4, -0.2) is 32.9 Å². The van der Waals surface area contributed by atoms with E-state index in [1.807, 2.05) is 6.07 Å². The number of hydrogen-bond acceptors (Lipinski definition) is 5. The highest BCUT2D eigenvalue weighted by Gasteiger charge is 2.27. The van der Waals surface area contributed by atoms with Crippen molar-refractivity contribution < 1.29 is 22.7 Å². The van der Waals surface area contributed by atoms with Crippen LogP contribution in [0.1, 0.15) is 30.4 Å². The van der Waals surface area contributed by atoms with Gasteiger partial charge in [-0.2, -0.15) is 0 Å². The minimum atomic E-state index is -3.47. The minimum Gasteiger partial charge on any atom is -0.484 e. The van der Waals surface area contributed by atoms with Gasteiger partial charge in [-0.15, -0.1) is 0 Å². The molecule has 0 aromatic heterocycles. The number of ether oxygens (including phenoxy) is 1. The number of hydrogen-bond donors (Lipinski definition) is 3. The number of anilines is 1. The molecule has 1 fully saturated rings. The summed E-state index contributed by atoms with van der Waals surface area (Å²) in [6.45, 7) is 0.137. The highest BCUT2D eigenvalue weighted by molar-refractivity contribution is 7.89. The molecule has 1 saturated carbocycles. The van der Waals surface area contributed by atoms with Crippen LogP contribution in [0, 0.1) is 0 Å². The van der Waals surface area contributed by atoms with Gasteiger partial charge in [0.15, 0.2) is 6.61 Å². The number of amides is 2. The van der Waals surface area contributed by atoms with Crippen molar-refractivity contribution >= 4 is 27.5 Å². The maximum atomic E-state index is 12.2. The van der Waals surface area contributed by atoms with Crippen LogP contribution < -0.4 is 20.1 Å². The molecule has 8 nitrogen and oxygen atoms in total. The third-order valence-corrected chi connectivity index (χ3v) is 6.50. The molecule has 9 heteroatoms. The molecule has 3 N–H and O–H groups in total. The van der Waals surface area contributed by atoms with E-state index in [1.165, 1.54) is 12.1 Å². The topological polar surface area (TPSA) is 114 Å². The molecule has 2 aromatic carbocycles. The monoisotopic (exact) mass is 429 g/mol. The Hall–Kier alpha value is -2.91. The highest BCUT2D eigenvalue weighted by Crippen LogP contribution is 2.26. The first-order chi connectivity index (χ1) is 14.4. The van der Waals surface area contributed by atoms with E-state index >= 15 is 0 Å². The number of nitrogens with one attached hydrogen (secondary N) is 3. The van der Waals surface area contributed by atoms with Gasteiger partial charge < -0.3 is 15.4 Å². The lowest BCUT2D eigenvalue weighted by molar-refractivity contribution is -0.123. The van der Waals surface area contributed by atoms with E-state index in [0.29, 0.717) is 18.6 Å². The maximum absolute atomic E-state index is 12.2. The first-order valence-corrected chi connectivity index (χ1v) is 11.3. The van der Waals surface area contributed by atoms with Crippen LogP contribution in [0.4, 0.5) is 5.69 Å². The molecule has 0 atom stereocenters. The number of sulfonamides is 1. The fraction of sp³-hybridized carbons (Fsp3) is 0.333. The van der Waals surface area contributed by atoms with Gasteiger partial charge in [0.25, 0.3) is 5.91 Å². The van der Waals surface area contributed by atoms with Crippen molar-refractivity contribution in [3.05, 3.63) is 53.6 Å². The molecule has 0 spiro atoms. The Morgan fingerprint density at radius 3 is 2.60 bits per heavy atom. The van der Waals surface area contributed by atoms with E-state index in [4.69, 9.17) is 4.74 Å². The zero-order valence-corrected chi connectivity index (χ0v) is 17.1. The van der Waals surface area contributed by atoms with Crippen LogP contribution in [0.25, 0.3) is 0 Å². The van der Waals surface area contributed by atoms with Gasteiger partial charge in [-0.1, -0.05) is 12.1 Å². The van der Waals surface area contributed by atoms with E-state index in [1.54, 1.807) is 24.3 Å². The summed E-state index contributed by atoms with van der Waals surface area (Å²) in [4.78, 5) is 23.7. The Labute approximate surface area is 175 Å². The lowest BCUT2D eigenvalue weighted by Gasteiger charge is -2.17. The normalized spacial score (nSPS) is 15.8. The molecular weight excluding hydrogens is 406 g/mol. The Kier molecular flexibility index (Phi) is 5.74. The van der Waals surface area contributed by atoms with Crippen LogP contribution in [0.15, 0.2) is 47.4 Å². The molecule has 0 bridgehead atoms. The summed E-state index contributed by atoms with van der Waals surface area (Å²) in [5.74, 6) is 0.284. The average Bonchev–Trinajstić information content (AvgIpc) is 3.54. The summed E-state index contributed by atoms with van der Waals surface area (Å²) in [6, 6.07) is 11.8. The molecule has 30 heavy (non-hydrogen) atoms. The van der Waals surface area contributed by atoms with Crippen LogP contribution >= 0.6 is 0 Å². The van der Waals surface area contributed by atoms with Gasteiger partial charge >= 0.3 is 0 Å². The zero-order chi connectivity index (χ0) is 21.1. The van der Waals surface area contributed by atoms with E-state index in [-0.39, 0.29) is 35.9 Å². The summed E-state index contributed by atoms with van der Waals surface area (Å²) in [7, 11) is -3.47. The molecule has 0 saturated heterocycles. The summed E-state index contributed by atoms with van der Waals surface area (Å²) in [5.41, 5.74) is 2.55. The maximum Gasteiger partial charge on any atom is 0.258 e. The smallest absolute Gasteiger partial charge is 0.258 e. The minimum absolute atomic E-state index is 0.000328. The molecule has 1 aliphatic heterocycles. The first kappa shape index (κ1) is 20.4. The van der Waals surface area contributed by atoms with Gasteiger partial charge in [0.2, 0.25) is 15.9 Å². The van der Waals surface area contributed by atoms with Crippen LogP contribution in [0.3, 0.4) is 0 Å². The van der Waals surface area contributed by atoms with Crippen molar-refractivity contribution in [2.45, 2.75) is 43.2 Å². The quantitative estimate of drug-likeness (QED) is 0.591. The third kappa shape index (κ3) is 5.17. The van der Waals surface area contributed by atoms with E-state index in [0.717, 1.165) is 29.7 Å². The second kappa shape index (κ2) is 8.45. The lowest BCUT2D eigenvalue weighted by Crippen LogP contribution is -2.28. The number of carbonyl (C=O) groups is 2. The van der Waals surface area contributed by atoms with Crippen molar-refractivity contribution in [1.29, 1.82) is 0 Å². The number of fused-ring (bicyclic) bond motifs is 1. The van der Waals surface area contributed by atoms with Gasteiger partial charge in [-0.05, 0) is 60.7 Å². The largest absolute Gasteiger partial charge is 0.484 e. The summed E-state index contributed by atoms with van der Waals surface area (Å²) in [5, 5.41) is 5.55. The van der Waals surface area contributed by atoms with Crippen molar-refractivity contribution in [2.75, 3.05) is 11.9 Å². The SMILES string of the molecule is O=C(COc1ccc2c(c1)CCC(=O)N2)NCc1ccc(S(=O)(=O)NC2CC2)cc1. The van der Waals surface area contributed by atoms with Gasteiger partial charge in [-0.25, -0.2) is 13.1 Å². The molecule has 1 heterocycles. The van der Waals surface area contributed by atoms with Crippen LogP contribution in [0.5, 0.6) is 5.75 Å². The molecule has 1 aliphatic carbocycles. The van der Waals surface area contributed by atoms with E-state index in [9.17, 15) is 18.0 Å². The number of rotatable bonds is 8. The van der Waals surface area contributed by atoms with Gasteiger partial charge in [0.1, 0.15) is 5.75 Å². The second-order valence-electron chi connectivity index (χ2n) is 7.47. The summed E-state index contributed by atoms with van der Waals surface area (Å²) >= 11 is 0. The Balaban J connectivity index is 1.25. The third-order valence-electron chi connectivity index (χ3n) is 4.96. The second-order valence-corrected chi connectivity index (χ2v) is 9.19. The molecule has 0 unspecified atom stereocenters. The summed E-state index contributed by atoms with van der Waals surface area (Å²) < 4.78 is 32.5. The van der Waals surface area contributed by atoms with E-state index in [2.05, 4.69) is 15.4 Å².